The first kappa shape index (κ1) is 13.3. The van der Waals surface area contributed by atoms with Crippen molar-refractivity contribution in [2.75, 3.05) is 31.1 Å². The molecule has 1 aliphatic heterocycles. The summed E-state index contributed by atoms with van der Waals surface area (Å²) in [5, 5.41) is 3.49. The Labute approximate surface area is 110 Å². The van der Waals surface area contributed by atoms with E-state index in [9.17, 15) is 0 Å². The Morgan fingerprint density at radius 2 is 2.33 bits per heavy atom. The van der Waals surface area contributed by atoms with E-state index in [1.807, 2.05) is 6.92 Å². The summed E-state index contributed by atoms with van der Waals surface area (Å²) in [6.07, 6.45) is 5.46. The highest BCUT2D eigenvalue weighted by Crippen LogP contribution is 2.17. The van der Waals surface area contributed by atoms with Gasteiger partial charge in [0.25, 0.3) is 0 Å². The van der Waals surface area contributed by atoms with Crippen molar-refractivity contribution in [3.63, 3.8) is 0 Å². The van der Waals surface area contributed by atoms with Crippen molar-refractivity contribution in [2.24, 2.45) is 5.92 Å². The van der Waals surface area contributed by atoms with Gasteiger partial charge in [0, 0.05) is 24.8 Å². The fourth-order valence-corrected chi connectivity index (χ4v) is 2.57. The zero-order valence-corrected chi connectivity index (χ0v) is 11.5. The molecule has 2 heterocycles. The van der Waals surface area contributed by atoms with Crippen LogP contribution in [0.3, 0.4) is 0 Å². The molecule has 1 unspecified atom stereocenters. The fraction of sp³-hybridized carbons (Fsp3) is 0.714. The largest absolute Gasteiger partial charge is 0.356 e. The lowest BCUT2D eigenvalue weighted by molar-refractivity contribution is 0.376. The zero-order chi connectivity index (χ0) is 12.8. The number of nitrogens with one attached hydrogen (secondary N) is 1. The van der Waals surface area contributed by atoms with Crippen LogP contribution in [0.25, 0.3) is 0 Å². The maximum atomic E-state index is 4.42. The van der Waals surface area contributed by atoms with Crippen LogP contribution < -0.4 is 10.2 Å². The van der Waals surface area contributed by atoms with Gasteiger partial charge in [0.2, 0.25) is 0 Å². The Bertz CT molecular complexity index is 361. The number of anilines is 1. The predicted molar refractivity (Wildman–Crippen MR) is 74.9 cm³/mol. The van der Waals surface area contributed by atoms with E-state index in [1.165, 1.54) is 19.4 Å². The third-order valence-electron chi connectivity index (χ3n) is 3.48. The van der Waals surface area contributed by atoms with Gasteiger partial charge < -0.3 is 10.2 Å². The molecule has 4 nitrogen and oxygen atoms in total. The molecule has 1 fully saturated rings. The number of aryl methyl sites for hydroxylation is 1. The van der Waals surface area contributed by atoms with Crippen LogP contribution in [0.5, 0.6) is 0 Å². The van der Waals surface area contributed by atoms with Crippen molar-refractivity contribution >= 4 is 5.82 Å². The summed E-state index contributed by atoms with van der Waals surface area (Å²) in [6, 6.07) is 2.09. The minimum Gasteiger partial charge on any atom is -0.356 e. The normalized spacial score (nSPS) is 19.8. The zero-order valence-electron chi connectivity index (χ0n) is 11.5. The highest BCUT2D eigenvalue weighted by atomic mass is 15.2. The van der Waals surface area contributed by atoms with Crippen molar-refractivity contribution in [3.8, 4) is 0 Å². The van der Waals surface area contributed by atoms with Gasteiger partial charge >= 0.3 is 0 Å². The minimum absolute atomic E-state index is 0.751. The molecule has 18 heavy (non-hydrogen) atoms. The average Bonchev–Trinajstić information content (AvgIpc) is 2.39. The number of rotatable bonds is 5. The van der Waals surface area contributed by atoms with Crippen molar-refractivity contribution in [1.29, 1.82) is 0 Å². The third kappa shape index (κ3) is 3.67. The number of piperidine rings is 1. The van der Waals surface area contributed by atoms with Gasteiger partial charge in [-0.1, -0.05) is 6.92 Å². The van der Waals surface area contributed by atoms with E-state index < -0.39 is 0 Å². The summed E-state index contributed by atoms with van der Waals surface area (Å²) in [6.45, 7) is 8.75. The first-order chi connectivity index (χ1) is 8.79. The lowest BCUT2D eigenvalue weighted by atomic mass is 9.99. The Kier molecular flexibility index (Phi) is 4.93. The van der Waals surface area contributed by atoms with Crippen LogP contribution in [0.15, 0.2) is 12.4 Å². The molecule has 1 aromatic rings. The Morgan fingerprint density at radius 3 is 3.00 bits per heavy atom. The van der Waals surface area contributed by atoms with Crippen molar-refractivity contribution in [3.05, 3.63) is 18.1 Å². The van der Waals surface area contributed by atoms with E-state index >= 15 is 0 Å². The van der Waals surface area contributed by atoms with E-state index in [0.29, 0.717) is 0 Å². The Morgan fingerprint density at radius 1 is 1.44 bits per heavy atom. The summed E-state index contributed by atoms with van der Waals surface area (Å²) in [4.78, 5) is 11.0. The molecule has 100 valence electrons. The van der Waals surface area contributed by atoms with Gasteiger partial charge in [-0.15, -0.1) is 0 Å². The summed E-state index contributed by atoms with van der Waals surface area (Å²) in [5.74, 6) is 1.83. The van der Waals surface area contributed by atoms with Crippen LogP contribution >= 0.6 is 0 Å². The van der Waals surface area contributed by atoms with Crippen LogP contribution in [0, 0.1) is 12.8 Å². The summed E-state index contributed by atoms with van der Waals surface area (Å²) in [5.41, 5.74) is 1.04. The molecular weight excluding hydrogens is 224 g/mol. The van der Waals surface area contributed by atoms with Gasteiger partial charge in [-0.3, -0.25) is 0 Å². The highest BCUT2D eigenvalue weighted by Gasteiger charge is 2.17. The standard InChI is InChI=1S/C14H24N4/c1-3-7-18(10-13-5-4-6-15-9-13)14-8-12(2)16-11-17-14/h8,11,13,15H,3-7,9-10H2,1-2H3. The molecule has 4 heteroatoms. The van der Waals surface area contributed by atoms with Gasteiger partial charge in [0.1, 0.15) is 12.1 Å². The molecule has 0 aliphatic carbocycles. The lowest BCUT2D eigenvalue weighted by Crippen LogP contribution is -2.39. The smallest absolute Gasteiger partial charge is 0.132 e. The highest BCUT2D eigenvalue weighted by molar-refractivity contribution is 5.38. The molecule has 1 atom stereocenters. The fourth-order valence-electron chi connectivity index (χ4n) is 2.57. The maximum Gasteiger partial charge on any atom is 0.132 e. The van der Waals surface area contributed by atoms with Crippen molar-refractivity contribution in [2.45, 2.75) is 33.1 Å². The van der Waals surface area contributed by atoms with E-state index in [0.717, 1.165) is 43.5 Å². The molecule has 0 amide bonds. The molecule has 1 aromatic heterocycles. The number of aromatic nitrogens is 2. The number of hydrogen-bond acceptors (Lipinski definition) is 4. The molecule has 0 spiro atoms. The molecule has 1 aliphatic rings. The monoisotopic (exact) mass is 248 g/mol. The molecule has 1 saturated heterocycles. The molecule has 0 bridgehead atoms. The molecule has 0 radical (unpaired) electrons. The van der Waals surface area contributed by atoms with Gasteiger partial charge in [-0.2, -0.15) is 0 Å². The predicted octanol–water partition coefficient (Wildman–Crippen LogP) is 2.00. The van der Waals surface area contributed by atoms with Gasteiger partial charge in [-0.25, -0.2) is 9.97 Å². The SMILES string of the molecule is CCCN(CC1CCCNC1)c1cc(C)ncn1. The molecule has 0 saturated carbocycles. The van der Waals surface area contributed by atoms with Crippen LogP contribution in [0.2, 0.25) is 0 Å². The van der Waals surface area contributed by atoms with Gasteiger partial charge in [-0.05, 0) is 45.2 Å². The Hall–Kier alpha value is -1.16. The second kappa shape index (κ2) is 6.69. The topological polar surface area (TPSA) is 41.0 Å². The minimum atomic E-state index is 0.751. The summed E-state index contributed by atoms with van der Waals surface area (Å²) < 4.78 is 0. The van der Waals surface area contributed by atoms with Crippen LogP contribution in [-0.4, -0.2) is 36.1 Å². The van der Waals surface area contributed by atoms with E-state index in [1.54, 1.807) is 6.33 Å². The summed E-state index contributed by atoms with van der Waals surface area (Å²) >= 11 is 0. The first-order valence-corrected chi connectivity index (χ1v) is 7.04. The summed E-state index contributed by atoms with van der Waals surface area (Å²) in [7, 11) is 0. The quantitative estimate of drug-likeness (QED) is 0.865. The second-order valence-corrected chi connectivity index (χ2v) is 5.18. The van der Waals surface area contributed by atoms with Crippen LogP contribution in [0.4, 0.5) is 5.82 Å². The molecule has 1 N–H and O–H groups in total. The third-order valence-corrected chi connectivity index (χ3v) is 3.48. The average molecular weight is 248 g/mol. The van der Waals surface area contributed by atoms with Crippen molar-refractivity contribution < 1.29 is 0 Å². The van der Waals surface area contributed by atoms with Gasteiger partial charge in [0.15, 0.2) is 0 Å². The number of nitrogens with zero attached hydrogens (tertiary/aromatic N) is 3. The van der Waals surface area contributed by atoms with Gasteiger partial charge in [0.05, 0.1) is 0 Å². The lowest BCUT2D eigenvalue weighted by Gasteiger charge is -2.30. The van der Waals surface area contributed by atoms with Crippen LogP contribution in [0.1, 0.15) is 31.9 Å². The van der Waals surface area contributed by atoms with Crippen LogP contribution in [-0.2, 0) is 0 Å². The maximum absolute atomic E-state index is 4.42. The molecule has 0 aromatic carbocycles. The van der Waals surface area contributed by atoms with E-state index in [2.05, 4.69) is 33.2 Å². The Balaban J connectivity index is 2.02. The van der Waals surface area contributed by atoms with E-state index in [-0.39, 0.29) is 0 Å². The van der Waals surface area contributed by atoms with Crippen molar-refractivity contribution in [1.82, 2.24) is 15.3 Å². The molecular formula is C14H24N4. The second-order valence-electron chi connectivity index (χ2n) is 5.18. The number of hydrogen-bond donors (Lipinski definition) is 1. The van der Waals surface area contributed by atoms with E-state index in [4.69, 9.17) is 0 Å². The molecule has 2 rings (SSSR count). The first-order valence-electron chi connectivity index (χ1n) is 7.04.